The Bertz CT molecular complexity index is 3500. The monoisotopic (exact) mass is 815 g/mol. The third-order valence-electron chi connectivity index (χ3n) is 12.1. The fraction of sp³-hybridized carbons (Fsp3) is 0. The summed E-state index contributed by atoms with van der Waals surface area (Å²) >= 11 is 0. The smallest absolute Gasteiger partial charge is 0.164 e. The number of hydrogen-bond donors (Lipinski definition) is 0. The Morgan fingerprint density at radius 1 is 0.203 bits per heavy atom. The molecule has 64 heavy (non-hydrogen) atoms. The number of nitrogens with zero attached hydrogens (tertiary/aromatic N) is 5. The molecule has 0 aliphatic carbocycles. The van der Waals surface area contributed by atoms with Gasteiger partial charge in [-0.3, -0.25) is 9.97 Å². The summed E-state index contributed by atoms with van der Waals surface area (Å²) in [6.07, 6.45) is 3.67. The van der Waals surface area contributed by atoms with E-state index in [1.807, 2.05) is 48.8 Å². The molecule has 0 bridgehead atoms. The van der Waals surface area contributed by atoms with Crippen LogP contribution in [0, 0.1) is 0 Å². The predicted octanol–water partition coefficient (Wildman–Crippen LogP) is 14.9. The molecule has 0 saturated heterocycles. The van der Waals surface area contributed by atoms with Crippen molar-refractivity contribution >= 4 is 43.1 Å². The summed E-state index contributed by atoms with van der Waals surface area (Å²) in [6, 6.07) is 74.7. The SMILES string of the molecule is c1ccc(-c2cccc(-c3cc(-c4cccc(-c5ccccn5)c4)cc(-c4nc(-c5ccc6cc7ccccc7cc6c5)nc(-c5ccc6cc7ccccc7cc6c5)n4)c3)c2)nc1. The Morgan fingerprint density at radius 2 is 0.562 bits per heavy atom. The van der Waals surface area contributed by atoms with E-state index < -0.39 is 0 Å². The fourth-order valence-electron chi connectivity index (χ4n) is 8.79. The predicted molar refractivity (Wildman–Crippen MR) is 263 cm³/mol. The summed E-state index contributed by atoms with van der Waals surface area (Å²) in [5.41, 5.74) is 10.8. The highest BCUT2D eigenvalue weighted by atomic mass is 15.0. The first-order chi connectivity index (χ1) is 31.6. The van der Waals surface area contributed by atoms with Crippen LogP contribution in [-0.2, 0) is 0 Å². The van der Waals surface area contributed by atoms with E-state index in [9.17, 15) is 0 Å². The van der Waals surface area contributed by atoms with Crippen molar-refractivity contribution in [1.82, 2.24) is 24.9 Å². The van der Waals surface area contributed by atoms with E-state index in [-0.39, 0.29) is 0 Å². The second-order valence-electron chi connectivity index (χ2n) is 16.2. The first-order valence-electron chi connectivity index (χ1n) is 21.4. The molecule has 0 unspecified atom stereocenters. The molecule has 12 rings (SSSR count). The summed E-state index contributed by atoms with van der Waals surface area (Å²) in [7, 11) is 0. The molecular weight excluding hydrogens is 779 g/mol. The molecule has 12 aromatic rings. The molecule has 9 aromatic carbocycles. The lowest BCUT2D eigenvalue weighted by Crippen LogP contribution is -2.01. The highest BCUT2D eigenvalue weighted by molar-refractivity contribution is 6.01. The molecule has 5 nitrogen and oxygen atoms in total. The van der Waals surface area contributed by atoms with Gasteiger partial charge in [0.2, 0.25) is 0 Å². The molecule has 0 amide bonds. The maximum Gasteiger partial charge on any atom is 0.164 e. The van der Waals surface area contributed by atoms with Crippen molar-refractivity contribution in [3.05, 3.63) is 225 Å². The topological polar surface area (TPSA) is 64.5 Å². The Labute approximate surface area is 370 Å². The van der Waals surface area contributed by atoms with Crippen LogP contribution in [0.3, 0.4) is 0 Å². The van der Waals surface area contributed by atoms with Gasteiger partial charge in [-0.2, -0.15) is 0 Å². The van der Waals surface area contributed by atoms with Gasteiger partial charge in [0.15, 0.2) is 17.5 Å². The quantitative estimate of drug-likeness (QED) is 0.150. The molecule has 0 saturated carbocycles. The van der Waals surface area contributed by atoms with E-state index in [1.165, 1.54) is 21.5 Å². The molecule has 0 spiro atoms. The third kappa shape index (κ3) is 7.11. The number of hydrogen-bond acceptors (Lipinski definition) is 5. The minimum atomic E-state index is 0.585. The van der Waals surface area contributed by atoms with Crippen LogP contribution in [0.2, 0.25) is 0 Å². The van der Waals surface area contributed by atoms with Gasteiger partial charge in [0.05, 0.1) is 11.4 Å². The molecule has 5 heteroatoms. The van der Waals surface area contributed by atoms with Gasteiger partial charge in [-0.15, -0.1) is 0 Å². The van der Waals surface area contributed by atoms with Crippen molar-refractivity contribution in [3.63, 3.8) is 0 Å². The normalized spacial score (nSPS) is 11.4. The number of aromatic nitrogens is 5. The van der Waals surface area contributed by atoms with E-state index in [0.29, 0.717) is 17.5 Å². The van der Waals surface area contributed by atoms with Gasteiger partial charge in [-0.25, -0.2) is 15.0 Å². The third-order valence-corrected chi connectivity index (χ3v) is 12.1. The zero-order valence-corrected chi connectivity index (χ0v) is 34.6. The molecule has 0 N–H and O–H groups in total. The van der Waals surface area contributed by atoms with Gasteiger partial charge in [-0.1, -0.05) is 121 Å². The summed E-state index contributed by atoms with van der Waals surface area (Å²) < 4.78 is 0. The average molecular weight is 816 g/mol. The molecule has 0 aliphatic rings. The van der Waals surface area contributed by atoms with Gasteiger partial charge in [-0.05, 0) is 156 Å². The molecule has 0 atom stereocenters. The molecule has 0 fully saturated rings. The lowest BCUT2D eigenvalue weighted by atomic mass is 9.93. The molecule has 298 valence electrons. The second kappa shape index (κ2) is 15.7. The minimum Gasteiger partial charge on any atom is -0.256 e. The van der Waals surface area contributed by atoms with Crippen molar-refractivity contribution < 1.29 is 0 Å². The summed E-state index contributed by atoms with van der Waals surface area (Å²) in [5, 5.41) is 9.39. The number of fused-ring (bicyclic) bond motifs is 4. The van der Waals surface area contributed by atoms with Crippen LogP contribution in [0.25, 0.3) is 122 Å². The van der Waals surface area contributed by atoms with Crippen molar-refractivity contribution in [2.24, 2.45) is 0 Å². The molecule has 3 aromatic heterocycles. The second-order valence-corrected chi connectivity index (χ2v) is 16.2. The first-order valence-corrected chi connectivity index (χ1v) is 21.4. The van der Waals surface area contributed by atoms with E-state index in [2.05, 4.69) is 186 Å². The van der Waals surface area contributed by atoms with Crippen LogP contribution in [0.1, 0.15) is 0 Å². The van der Waals surface area contributed by atoms with Crippen molar-refractivity contribution in [3.8, 4) is 78.9 Å². The van der Waals surface area contributed by atoms with Gasteiger partial charge < -0.3 is 0 Å². The Morgan fingerprint density at radius 3 is 1.00 bits per heavy atom. The first kappa shape index (κ1) is 37.1. The highest BCUT2D eigenvalue weighted by Gasteiger charge is 2.17. The van der Waals surface area contributed by atoms with Crippen LogP contribution in [0.15, 0.2) is 225 Å². The standard InChI is InChI=1S/C59H37N5/c1-3-13-40-31-50-33-48(23-21-44(50)27-38(40)11-1)57-62-58(49-24-22-45-28-39-12-2-4-14-41(39)32-51(45)34-49)64-59(63-57)54-36-52(42-15-9-17-46(29-42)55-19-5-7-25-60-55)35-53(37-54)43-16-10-18-47(30-43)56-20-6-8-26-61-56/h1-37H. The zero-order chi connectivity index (χ0) is 42.4. The maximum atomic E-state index is 5.33. The number of rotatable bonds is 7. The van der Waals surface area contributed by atoms with E-state index >= 15 is 0 Å². The molecular formula is C59H37N5. The Kier molecular flexibility index (Phi) is 9.08. The van der Waals surface area contributed by atoms with Crippen LogP contribution in [0.5, 0.6) is 0 Å². The Balaban J connectivity index is 1.07. The van der Waals surface area contributed by atoms with Gasteiger partial charge >= 0.3 is 0 Å². The number of pyridine rings is 2. The molecule has 0 radical (unpaired) electrons. The number of benzene rings is 9. The lowest BCUT2D eigenvalue weighted by Gasteiger charge is -2.14. The summed E-state index contributed by atoms with van der Waals surface area (Å²) in [4.78, 5) is 25.2. The van der Waals surface area contributed by atoms with Gasteiger partial charge in [0, 0.05) is 40.2 Å². The Hall–Kier alpha value is -8.67. The molecule has 0 aliphatic heterocycles. The van der Waals surface area contributed by atoms with Gasteiger partial charge in [0.25, 0.3) is 0 Å². The summed E-state index contributed by atoms with van der Waals surface area (Å²) in [6.45, 7) is 0. The fourth-order valence-corrected chi connectivity index (χ4v) is 8.79. The van der Waals surface area contributed by atoms with E-state index in [4.69, 9.17) is 15.0 Å². The van der Waals surface area contributed by atoms with Crippen molar-refractivity contribution in [1.29, 1.82) is 0 Å². The van der Waals surface area contributed by atoms with Crippen molar-refractivity contribution in [2.75, 3.05) is 0 Å². The van der Waals surface area contributed by atoms with Crippen LogP contribution in [-0.4, -0.2) is 24.9 Å². The van der Waals surface area contributed by atoms with Gasteiger partial charge in [0.1, 0.15) is 0 Å². The largest absolute Gasteiger partial charge is 0.256 e. The lowest BCUT2D eigenvalue weighted by molar-refractivity contribution is 1.08. The van der Waals surface area contributed by atoms with Crippen LogP contribution < -0.4 is 0 Å². The van der Waals surface area contributed by atoms with Crippen molar-refractivity contribution in [2.45, 2.75) is 0 Å². The van der Waals surface area contributed by atoms with Crippen LogP contribution in [0.4, 0.5) is 0 Å². The van der Waals surface area contributed by atoms with Crippen LogP contribution >= 0.6 is 0 Å². The maximum absolute atomic E-state index is 5.33. The highest BCUT2D eigenvalue weighted by Crippen LogP contribution is 2.37. The zero-order valence-electron chi connectivity index (χ0n) is 34.6. The van der Waals surface area contributed by atoms with E-state index in [1.54, 1.807) is 0 Å². The summed E-state index contributed by atoms with van der Waals surface area (Å²) in [5.74, 6) is 1.80. The average Bonchev–Trinajstić information content (AvgIpc) is 3.37. The minimum absolute atomic E-state index is 0.585. The van der Waals surface area contributed by atoms with E-state index in [0.717, 1.165) is 83.0 Å². The molecule has 3 heterocycles.